The Hall–Kier alpha value is -2.38. The average molecular weight is 514 g/mol. The lowest BCUT2D eigenvalue weighted by Crippen LogP contribution is -2.35. The van der Waals surface area contributed by atoms with E-state index in [1.165, 1.54) is 11.8 Å². The highest BCUT2D eigenvalue weighted by atomic mass is 32.2. The van der Waals surface area contributed by atoms with E-state index in [-0.39, 0.29) is 34.7 Å². The van der Waals surface area contributed by atoms with Gasteiger partial charge in [-0.2, -0.15) is 0 Å². The summed E-state index contributed by atoms with van der Waals surface area (Å²) >= 11 is 1.20. The molecule has 7 heteroatoms. The molecule has 2 unspecified atom stereocenters. The molecular weight excluding hydrogens is 477 g/mol. The van der Waals surface area contributed by atoms with Crippen molar-refractivity contribution in [3.05, 3.63) is 47.8 Å². The van der Waals surface area contributed by atoms with Crippen molar-refractivity contribution in [1.82, 2.24) is 0 Å². The number of carbonyl (C=O) groups is 2. The number of nitrogens with one attached hydrogen (secondary N) is 1. The molecule has 2 aliphatic rings. The van der Waals surface area contributed by atoms with E-state index < -0.39 is 5.82 Å². The topological polar surface area (TPSA) is 64.6 Å². The molecule has 0 saturated heterocycles. The first-order valence-corrected chi connectivity index (χ1v) is 14.3. The van der Waals surface area contributed by atoms with Crippen LogP contribution >= 0.6 is 11.8 Å². The zero-order valence-corrected chi connectivity index (χ0v) is 22.0. The summed E-state index contributed by atoms with van der Waals surface area (Å²) in [5.74, 6) is -0.872. The Morgan fingerprint density at radius 2 is 1.72 bits per heavy atom. The predicted molar refractivity (Wildman–Crippen MR) is 143 cm³/mol. The van der Waals surface area contributed by atoms with Crippen molar-refractivity contribution >= 4 is 28.5 Å². The first-order valence-electron chi connectivity index (χ1n) is 13.1. The molecule has 1 amide bonds. The third kappa shape index (κ3) is 6.30. The van der Waals surface area contributed by atoms with Gasteiger partial charge in [-0.05, 0) is 68.2 Å². The number of benzene rings is 2. The van der Waals surface area contributed by atoms with Gasteiger partial charge < -0.3 is 14.8 Å². The van der Waals surface area contributed by atoms with Crippen LogP contribution in [0.2, 0.25) is 0 Å². The predicted octanol–water partition coefficient (Wildman–Crippen LogP) is 6.99. The summed E-state index contributed by atoms with van der Waals surface area (Å²) in [7, 11) is 0. The second-order valence-corrected chi connectivity index (χ2v) is 10.5. The first-order chi connectivity index (χ1) is 17.5. The number of carbonyl (C=O) groups excluding carboxylic acids is 2. The van der Waals surface area contributed by atoms with Gasteiger partial charge in [0.1, 0.15) is 0 Å². The molecule has 2 atom stereocenters. The van der Waals surface area contributed by atoms with Gasteiger partial charge in [-0.15, -0.1) is 0 Å². The fourth-order valence-corrected chi connectivity index (χ4v) is 6.00. The van der Waals surface area contributed by atoms with Crippen molar-refractivity contribution in [2.24, 2.45) is 11.8 Å². The molecule has 0 heterocycles. The quantitative estimate of drug-likeness (QED) is 0.392. The number of amides is 1. The number of anilines is 1. The second kappa shape index (κ2) is 12.7. The van der Waals surface area contributed by atoms with Crippen molar-refractivity contribution in [1.29, 1.82) is 0 Å². The summed E-state index contributed by atoms with van der Waals surface area (Å²) in [5.41, 5.74) is 2.61. The minimum atomic E-state index is -0.404. The molecule has 2 saturated carbocycles. The van der Waals surface area contributed by atoms with Crippen molar-refractivity contribution in [2.45, 2.75) is 71.0 Å². The maximum atomic E-state index is 15.3. The minimum absolute atomic E-state index is 0.0838. The summed E-state index contributed by atoms with van der Waals surface area (Å²) in [6.07, 6.45) is 9.78. The Morgan fingerprint density at radius 3 is 2.44 bits per heavy atom. The maximum absolute atomic E-state index is 15.3. The van der Waals surface area contributed by atoms with Crippen LogP contribution in [0.3, 0.4) is 0 Å². The summed E-state index contributed by atoms with van der Waals surface area (Å²) in [6, 6.07) is 10.7. The lowest BCUT2D eigenvalue weighted by molar-refractivity contribution is -0.128. The van der Waals surface area contributed by atoms with E-state index in [4.69, 9.17) is 9.47 Å². The zero-order valence-electron chi connectivity index (χ0n) is 21.2. The maximum Gasteiger partial charge on any atom is 0.228 e. The lowest BCUT2D eigenvalue weighted by Gasteiger charge is -2.29. The number of ether oxygens (including phenoxy) is 2. The van der Waals surface area contributed by atoms with Crippen LogP contribution in [0.25, 0.3) is 11.1 Å². The highest BCUT2D eigenvalue weighted by Crippen LogP contribution is 2.36. The fraction of sp³-hybridized carbons (Fsp3) is 0.517. The van der Waals surface area contributed by atoms with E-state index in [1.807, 2.05) is 19.1 Å². The molecule has 2 aromatic carbocycles. The lowest BCUT2D eigenvalue weighted by atomic mass is 9.79. The van der Waals surface area contributed by atoms with Crippen molar-refractivity contribution in [3.8, 4) is 16.9 Å². The zero-order chi connectivity index (χ0) is 25.5. The Labute approximate surface area is 217 Å². The van der Waals surface area contributed by atoms with Crippen LogP contribution in [0.15, 0.2) is 36.4 Å². The van der Waals surface area contributed by atoms with E-state index in [0.29, 0.717) is 30.9 Å². The van der Waals surface area contributed by atoms with Crippen molar-refractivity contribution < 1.29 is 23.5 Å². The molecule has 0 aliphatic heterocycles. The van der Waals surface area contributed by atoms with Crippen LogP contribution in [0, 0.1) is 17.7 Å². The van der Waals surface area contributed by atoms with E-state index in [2.05, 4.69) is 5.32 Å². The number of rotatable bonds is 9. The van der Waals surface area contributed by atoms with E-state index in [9.17, 15) is 9.59 Å². The second-order valence-electron chi connectivity index (χ2n) is 9.65. The van der Waals surface area contributed by atoms with Gasteiger partial charge >= 0.3 is 0 Å². The van der Waals surface area contributed by atoms with Gasteiger partial charge in [0.2, 0.25) is 5.91 Å². The Balaban J connectivity index is 1.60. The molecule has 2 aliphatic carbocycles. The molecule has 0 spiro atoms. The van der Waals surface area contributed by atoms with Gasteiger partial charge in [0.25, 0.3) is 0 Å². The van der Waals surface area contributed by atoms with Crippen LogP contribution in [0.5, 0.6) is 5.75 Å². The van der Waals surface area contributed by atoms with Gasteiger partial charge in [-0.3, -0.25) is 9.59 Å². The van der Waals surface area contributed by atoms with Crippen LogP contribution < -0.4 is 10.1 Å². The molecule has 4 rings (SSSR count). The molecule has 5 nitrogen and oxygen atoms in total. The van der Waals surface area contributed by atoms with E-state index in [1.54, 1.807) is 30.5 Å². The van der Waals surface area contributed by atoms with Crippen LogP contribution in [0.4, 0.5) is 10.1 Å². The SMILES string of the molecule is CCOc1cccc(-c2ccc(NC(=O)C3CCCCC3C(=O)SC)cc2COC2CCCC2)c1F. The van der Waals surface area contributed by atoms with Crippen LogP contribution in [0.1, 0.15) is 63.9 Å². The minimum Gasteiger partial charge on any atom is -0.491 e. The molecule has 0 bridgehead atoms. The van der Waals surface area contributed by atoms with Crippen LogP contribution in [-0.4, -0.2) is 30.0 Å². The number of thioether (sulfide) groups is 1. The number of hydrogen-bond acceptors (Lipinski definition) is 5. The molecule has 2 aromatic rings. The van der Waals surface area contributed by atoms with Gasteiger partial charge in [-0.1, -0.05) is 55.6 Å². The largest absolute Gasteiger partial charge is 0.491 e. The fourth-order valence-electron chi connectivity index (χ4n) is 5.42. The standard InChI is InChI=1S/C29H36FNO4S/c1-3-34-26-14-8-13-23(27(26)30)22-16-15-20(17-19(22)18-35-21-9-4-5-10-21)31-28(32)24-11-6-7-12-25(24)29(33)36-2/h8,13-17,21,24-25H,3-7,9-12,18H2,1-2H3,(H,31,32). The van der Waals surface area contributed by atoms with Gasteiger partial charge in [0.05, 0.1) is 19.3 Å². The van der Waals surface area contributed by atoms with E-state index in [0.717, 1.165) is 56.1 Å². The van der Waals surface area contributed by atoms with Crippen LogP contribution in [-0.2, 0) is 20.9 Å². The van der Waals surface area contributed by atoms with Gasteiger partial charge in [-0.25, -0.2) is 4.39 Å². The highest BCUT2D eigenvalue weighted by molar-refractivity contribution is 8.13. The average Bonchev–Trinajstić information content (AvgIpc) is 3.42. The molecule has 194 valence electrons. The monoisotopic (exact) mass is 513 g/mol. The molecule has 1 N–H and O–H groups in total. The summed E-state index contributed by atoms with van der Waals surface area (Å²) in [4.78, 5) is 25.6. The summed E-state index contributed by atoms with van der Waals surface area (Å²) in [6.45, 7) is 2.54. The molecular formula is C29H36FNO4S. The third-order valence-electron chi connectivity index (χ3n) is 7.31. The smallest absolute Gasteiger partial charge is 0.228 e. The molecule has 2 fully saturated rings. The molecule has 0 aromatic heterocycles. The Kier molecular flexibility index (Phi) is 9.43. The van der Waals surface area contributed by atoms with Gasteiger partial charge in [0, 0.05) is 23.1 Å². The Morgan fingerprint density at radius 1 is 1.00 bits per heavy atom. The number of halogens is 1. The van der Waals surface area contributed by atoms with Crippen molar-refractivity contribution in [2.75, 3.05) is 18.2 Å². The summed E-state index contributed by atoms with van der Waals surface area (Å²) < 4.78 is 27.0. The van der Waals surface area contributed by atoms with Gasteiger partial charge in [0.15, 0.2) is 16.7 Å². The highest BCUT2D eigenvalue weighted by Gasteiger charge is 2.35. The first kappa shape index (κ1) is 26.7. The molecule has 0 radical (unpaired) electrons. The number of hydrogen-bond donors (Lipinski definition) is 1. The van der Waals surface area contributed by atoms with E-state index >= 15 is 4.39 Å². The summed E-state index contributed by atoms with van der Waals surface area (Å²) in [5, 5.41) is 3.12. The molecule has 36 heavy (non-hydrogen) atoms. The third-order valence-corrected chi connectivity index (χ3v) is 8.01. The Bertz CT molecular complexity index is 1070. The normalized spacial score (nSPS) is 20.3. The van der Waals surface area contributed by atoms with Crippen molar-refractivity contribution in [3.63, 3.8) is 0 Å².